The van der Waals surface area contributed by atoms with Crippen molar-refractivity contribution in [1.82, 2.24) is 20.8 Å². The van der Waals surface area contributed by atoms with Crippen LogP contribution in [-0.2, 0) is 6.42 Å². The van der Waals surface area contributed by atoms with Gasteiger partial charge in [-0.1, -0.05) is 6.07 Å². The van der Waals surface area contributed by atoms with Gasteiger partial charge in [-0.05, 0) is 36.6 Å². The van der Waals surface area contributed by atoms with Gasteiger partial charge in [-0.3, -0.25) is 25.4 Å². The first-order chi connectivity index (χ1) is 10.7. The van der Waals surface area contributed by atoms with Crippen molar-refractivity contribution in [2.24, 2.45) is 0 Å². The minimum absolute atomic E-state index is 0.217. The molecule has 0 aromatic carbocycles. The molecule has 2 N–H and O–H groups in total. The Morgan fingerprint density at radius 3 is 2.68 bits per heavy atom. The number of hydrogen-bond acceptors (Lipinski definition) is 5. The Hall–Kier alpha value is -2.96. The molecule has 22 heavy (non-hydrogen) atoms. The zero-order valence-corrected chi connectivity index (χ0v) is 11.7. The lowest BCUT2D eigenvalue weighted by Gasteiger charge is -2.17. The molecule has 0 saturated heterocycles. The Labute approximate surface area is 126 Å². The Balaban J connectivity index is 1.64. The maximum absolute atomic E-state index is 12.0. The van der Waals surface area contributed by atoms with E-state index >= 15 is 0 Å². The molecule has 0 spiro atoms. The number of nitrogens with one attached hydrogen (secondary N) is 2. The molecule has 0 atom stereocenters. The standard InChI is InChI=1S/C15H14N4O3/c20-14(11-5-1-2-6-16-11)18-19-15(21)12-8-10-4-3-7-22-13(10)9-17-12/h1-2,5-6,8-9H,3-4,7H2,(H,18,20)(H,19,21). The lowest BCUT2D eigenvalue weighted by Crippen LogP contribution is -2.42. The molecule has 2 aromatic rings. The van der Waals surface area contributed by atoms with Crippen LogP contribution in [0.15, 0.2) is 36.7 Å². The second kappa shape index (κ2) is 6.21. The fraction of sp³-hybridized carbons (Fsp3) is 0.200. The smallest absolute Gasteiger partial charge is 0.288 e. The average molecular weight is 298 g/mol. The molecule has 0 radical (unpaired) electrons. The van der Waals surface area contributed by atoms with E-state index < -0.39 is 11.8 Å². The number of carbonyl (C=O) groups excluding carboxylic acids is 2. The highest BCUT2D eigenvalue weighted by Gasteiger charge is 2.16. The average Bonchev–Trinajstić information content (AvgIpc) is 2.59. The predicted octanol–water partition coefficient (Wildman–Crippen LogP) is 0.876. The van der Waals surface area contributed by atoms with Crippen molar-refractivity contribution in [2.75, 3.05) is 6.61 Å². The molecule has 0 aliphatic carbocycles. The van der Waals surface area contributed by atoms with Gasteiger partial charge in [0.15, 0.2) is 0 Å². The minimum atomic E-state index is -0.491. The molecule has 7 nitrogen and oxygen atoms in total. The molecule has 2 amide bonds. The van der Waals surface area contributed by atoms with E-state index in [9.17, 15) is 9.59 Å². The van der Waals surface area contributed by atoms with Gasteiger partial charge in [-0.25, -0.2) is 4.98 Å². The second-order valence-electron chi connectivity index (χ2n) is 4.75. The van der Waals surface area contributed by atoms with Crippen molar-refractivity contribution in [3.63, 3.8) is 0 Å². The third kappa shape index (κ3) is 3.03. The molecular weight excluding hydrogens is 284 g/mol. The number of carbonyl (C=O) groups is 2. The molecule has 112 valence electrons. The fourth-order valence-corrected chi connectivity index (χ4v) is 2.12. The summed E-state index contributed by atoms with van der Waals surface area (Å²) in [6, 6.07) is 6.62. The number of pyridine rings is 2. The van der Waals surface area contributed by atoms with Crippen LogP contribution < -0.4 is 15.6 Å². The van der Waals surface area contributed by atoms with E-state index in [1.165, 1.54) is 12.4 Å². The van der Waals surface area contributed by atoms with Gasteiger partial charge >= 0.3 is 0 Å². The van der Waals surface area contributed by atoms with E-state index in [0.29, 0.717) is 12.4 Å². The molecule has 1 aliphatic heterocycles. The van der Waals surface area contributed by atoms with Crippen LogP contribution in [0.1, 0.15) is 33.0 Å². The Kier molecular flexibility index (Phi) is 3.95. The first-order valence-corrected chi connectivity index (χ1v) is 6.87. The number of aryl methyl sites for hydroxylation is 1. The number of nitrogens with zero attached hydrogens (tertiary/aromatic N) is 2. The second-order valence-corrected chi connectivity index (χ2v) is 4.75. The summed E-state index contributed by atoms with van der Waals surface area (Å²) < 4.78 is 5.44. The van der Waals surface area contributed by atoms with Crippen LogP contribution in [0.25, 0.3) is 0 Å². The van der Waals surface area contributed by atoms with Crippen molar-refractivity contribution in [3.8, 4) is 5.75 Å². The van der Waals surface area contributed by atoms with Gasteiger partial charge < -0.3 is 4.74 Å². The number of fused-ring (bicyclic) bond motifs is 1. The maximum atomic E-state index is 12.0. The highest BCUT2D eigenvalue weighted by molar-refractivity contribution is 5.97. The molecular formula is C15H14N4O3. The highest BCUT2D eigenvalue weighted by Crippen LogP contribution is 2.23. The topological polar surface area (TPSA) is 93.2 Å². The van der Waals surface area contributed by atoms with Gasteiger partial charge in [-0.2, -0.15) is 0 Å². The van der Waals surface area contributed by atoms with Crippen molar-refractivity contribution >= 4 is 11.8 Å². The largest absolute Gasteiger partial charge is 0.492 e. The van der Waals surface area contributed by atoms with Gasteiger partial charge in [0, 0.05) is 6.20 Å². The quantitative estimate of drug-likeness (QED) is 0.803. The fourth-order valence-electron chi connectivity index (χ4n) is 2.12. The first kappa shape index (κ1) is 14.0. The number of rotatable bonds is 2. The van der Waals surface area contributed by atoms with Gasteiger partial charge in [0.2, 0.25) is 0 Å². The van der Waals surface area contributed by atoms with E-state index in [0.717, 1.165) is 18.4 Å². The summed E-state index contributed by atoms with van der Waals surface area (Å²) in [6.45, 7) is 0.667. The summed E-state index contributed by atoms with van der Waals surface area (Å²) in [5, 5.41) is 0. The van der Waals surface area contributed by atoms with Crippen molar-refractivity contribution in [2.45, 2.75) is 12.8 Å². The molecule has 2 aromatic heterocycles. The minimum Gasteiger partial charge on any atom is -0.492 e. The molecule has 3 rings (SSSR count). The molecule has 0 saturated carbocycles. The summed E-state index contributed by atoms with van der Waals surface area (Å²) in [4.78, 5) is 31.7. The van der Waals surface area contributed by atoms with Crippen LogP contribution in [0.5, 0.6) is 5.75 Å². The zero-order chi connectivity index (χ0) is 15.4. The van der Waals surface area contributed by atoms with Crippen molar-refractivity contribution in [3.05, 3.63) is 53.6 Å². The van der Waals surface area contributed by atoms with Gasteiger partial charge in [0.05, 0.1) is 12.8 Å². The monoisotopic (exact) mass is 298 g/mol. The number of ether oxygens (including phenoxy) is 1. The van der Waals surface area contributed by atoms with Crippen LogP contribution >= 0.6 is 0 Å². The molecule has 0 fully saturated rings. The summed E-state index contributed by atoms with van der Waals surface area (Å²) >= 11 is 0. The van der Waals surface area contributed by atoms with Crippen LogP contribution in [0, 0.1) is 0 Å². The Bertz CT molecular complexity index is 703. The summed E-state index contributed by atoms with van der Waals surface area (Å²) in [7, 11) is 0. The van der Waals surface area contributed by atoms with E-state index in [1.807, 2.05) is 0 Å². The van der Waals surface area contributed by atoms with Crippen LogP contribution in [0.2, 0.25) is 0 Å². The lowest BCUT2D eigenvalue weighted by molar-refractivity contribution is 0.0841. The molecule has 0 bridgehead atoms. The Morgan fingerprint density at radius 2 is 1.91 bits per heavy atom. The molecule has 1 aliphatic rings. The number of amides is 2. The summed E-state index contributed by atoms with van der Waals surface area (Å²) in [5.74, 6) is -0.270. The number of hydrazine groups is 1. The summed E-state index contributed by atoms with van der Waals surface area (Å²) in [5.41, 5.74) is 6.02. The van der Waals surface area contributed by atoms with Crippen LogP contribution in [0.3, 0.4) is 0 Å². The summed E-state index contributed by atoms with van der Waals surface area (Å²) in [6.07, 6.45) is 4.79. The normalized spacial score (nSPS) is 12.7. The first-order valence-electron chi connectivity index (χ1n) is 6.87. The number of aromatic nitrogens is 2. The molecule has 3 heterocycles. The van der Waals surface area contributed by atoms with Gasteiger partial charge in [0.25, 0.3) is 11.8 Å². The van der Waals surface area contributed by atoms with Gasteiger partial charge in [0.1, 0.15) is 17.1 Å². The van der Waals surface area contributed by atoms with E-state index in [1.54, 1.807) is 24.3 Å². The third-order valence-corrected chi connectivity index (χ3v) is 3.22. The van der Waals surface area contributed by atoms with Crippen LogP contribution in [0.4, 0.5) is 0 Å². The zero-order valence-electron chi connectivity index (χ0n) is 11.7. The molecule has 7 heteroatoms. The lowest BCUT2D eigenvalue weighted by atomic mass is 10.1. The maximum Gasteiger partial charge on any atom is 0.288 e. The molecule has 0 unspecified atom stereocenters. The van der Waals surface area contributed by atoms with Crippen molar-refractivity contribution in [1.29, 1.82) is 0 Å². The van der Waals surface area contributed by atoms with E-state index in [-0.39, 0.29) is 11.4 Å². The van der Waals surface area contributed by atoms with E-state index in [4.69, 9.17) is 4.74 Å². The highest BCUT2D eigenvalue weighted by atomic mass is 16.5. The Morgan fingerprint density at radius 1 is 1.09 bits per heavy atom. The van der Waals surface area contributed by atoms with E-state index in [2.05, 4.69) is 20.8 Å². The SMILES string of the molecule is O=C(NNC(=O)c1cc2c(cn1)OCCC2)c1ccccn1. The van der Waals surface area contributed by atoms with Crippen LogP contribution in [-0.4, -0.2) is 28.4 Å². The van der Waals surface area contributed by atoms with Gasteiger partial charge in [-0.15, -0.1) is 0 Å². The number of hydrogen-bond donors (Lipinski definition) is 2. The van der Waals surface area contributed by atoms with Crippen molar-refractivity contribution < 1.29 is 14.3 Å². The third-order valence-electron chi connectivity index (χ3n) is 3.22. The predicted molar refractivity (Wildman–Crippen MR) is 77.2 cm³/mol.